The third-order valence-electron chi connectivity index (χ3n) is 3.29. The first-order valence-corrected chi connectivity index (χ1v) is 5.91. The number of aromatic carboxylic acids is 1. The Morgan fingerprint density at radius 1 is 1.00 bits per heavy atom. The van der Waals surface area contributed by atoms with Gasteiger partial charge in [-0.1, -0.05) is 24.3 Å². The van der Waals surface area contributed by atoms with E-state index in [2.05, 4.69) is 0 Å². The van der Waals surface area contributed by atoms with Gasteiger partial charge in [0.2, 0.25) is 0 Å². The molecule has 0 saturated carbocycles. The number of carboxylic acids is 1. The monoisotopic (exact) mass is 267 g/mol. The van der Waals surface area contributed by atoms with Crippen molar-refractivity contribution in [2.75, 3.05) is 0 Å². The Hall–Kier alpha value is -2.95. The molecule has 3 aromatic carbocycles. The topological polar surface area (TPSA) is 80.4 Å². The van der Waals surface area contributed by atoms with Gasteiger partial charge in [-0.2, -0.15) is 0 Å². The maximum absolute atomic E-state index is 11.3. The summed E-state index contributed by atoms with van der Waals surface area (Å²) in [5, 5.41) is 22.7. The van der Waals surface area contributed by atoms with Crippen molar-refractivity contribution in [1.82, 2.24) is 0 Å². The summed E-state index contributed by atoms with van der Waals surface area (Å²) in [4.78, 5) is 21.9. The summed E-state index contributed by atoms with van der Waals surface area (Å²) < 4.78 is 0. The molecule has 20 heavy (non-hydrogen) atoms. The number of nitrogens with zero attached hydrogens (tertiary/aromatic N) is 1. The number of fused-ring (bicyclic) bond motifs is 2. The minimum atomic E-state index is -1.10. The highest BCUT2D eigenvalue weighted by atomic mass is 16.6. The van der Waals surface area contributed by atoms with Gasteiger partial charge in [0, 0.05) is 11.5 Å². The quantitative estimate of drug-likeness (QED) is 0.437. The number of hydrogen-bond acceptors (Lipinski definition) is 3. The van der Waals surface area contributed by atoms with Crippen LogP contribution in [0.15, 0.2) is 48.5 Å². The molecule has 0 atom stereocenters. The summed E-state index contributed by atoms with van der Waals surface area (Å²) in [6.07, 6.45) is 0. The van der Waals surface area contributed by atoms with Crippen molar-refractivity contribution in [3.05, 3.63) is 64.2 Å². The number of hydrogen-bond donors (Lipinski definition) is 1. The lowest BCUT2D eigenvalue weighted by Gasteiger charge is -2.06. The van der Waals surface area contributed by atoms with Gasteiger partial charge in [-0.15, -0.1) is 0 Å². The predicted molar refractivity (Wildman–Crippen MR) is 75.1 cm³/mol. The number of non-ortho nitro benzene ring substituents is 1. The Kier molecular flexibility index (Phi) is 2.61. The maximum Gasteiger partial charge on any atom is 0.336 e. The Labute approximate surface area is 113 Å². The largest absolute Gasteiger partial charge is 0.478 e. The van der Waals surface area contributed by atoms with Crippen LogP contribution in [0.3, 0.4) is 0 Å². The van der Waals surface area contributed by atoms with Crippen molar-refractivity contribution in [1.29, 1.82) is 0 Å². The molecular formula is C15H9NO4. The lowest BCUT2D eigenvalue weighted by molar-refractivity contribution is -0.383. The highest BCUT2D eigenvalue weighted by molar-refractivity contribution is 6.11. The van der Waals surface area contributed by atoms with Crippen LogP contribution in [0.5, 0.6) is 0 Å². The van der Waals surface area contributed by atoms with E-state index in [0.29, 0.717) is 10.8 Å². The van der Waals surface area contributed by atoms with Gasteiger partial charge in [-0.25, -0.2) is 4.79 Å². The van der Waals surface area contributed by atoms with Crippen LogP contribution in [-0.2, 0) is 0 Å². The first kappa shape index (κ1) is 12.1. The Morgan fingerprint density at radius 3 is 2.15 bits per heavy atom. The SMILES string of the molecule is O=C(O)c1ccc([N+](=O)[O-])c2cc3ccccc3cc12. The molecular weight excluding hydrogens is 258 g/mol. The molecule has 0 amide bonds. The van der Waals surface area contributed by atoms with Crippen LogP contribution in [0.1, 0.15) is 10.4 Å². The van der Waals surface area contributed by atoms with Crippen molar-refractivity contribution < 1.29 is 14.8 Å². The first-order valence-electron chi connectivity index (χ1n) is 5.91. The van der Waals surface area contributed by atoms with Crippen molar-refractivity contribution in [3.63, 3.8) is 0 Å². The number of carboxylic acid groups (broad SMARTS) is 1. The van der Waals surface area contributed by atoms with Crippen molar-refractivity contribution in [2.45, 2.75) is 0 Å². The zero-order valence-electron chi connectivity index (χ0n) is 10.2. The van der Waals surface area contributed by atoms with E-state index in [9.17, 15) is 20.0 Å². The molecule has 3 aromatic rings. The van der Waals surface area contributed by atoms with Gasteiger partial charge < -0.3 is 5.11 Å². The summed E-state index contributed by atoms with van der Waals surface area (Å²) in [5.74, 6) is -1.10. The Morgan fingerprint density at radius 2 is 1.60 bits per heavy atom. The molecule has 0 aliphatic carbocycles. The maximum atomic E-state index is 11.3. The molecule has 0 aliphatic rings. The molecule has 0 unspecified atom stereocenters. The minimum absolute atomic E-state index is 0.0661. The first-order chi connectivity index (χ1) is 9.58. The molecule has 5 heteroatoms. The molecule has 0 fully saturated rings. The van der Waals surface area contributed by atoms with E-state index >= 15 is 0 Å². The minimum Gasteiger partial charge on any atom is -0.478 e. The summed E-state index contributed by atoms with van der Waals surface area (Å²) in [6, 6.07) is 13.2. The van der Waals surface area contributed by atoms with Crippen molar-refractivity contribution in [3.8, 4) is 0 Å². The molecule has 5 nitrogen and oxygen atoms in total. The van der Waals surface area contributed by atoms with E-state index in [1.807, 2.05) is 24.3 Å². The van der Waals surface area contributed by atoms with Crippen LogP contribution in [0, 0.1) is 10.1 Å². The number of benzene rings is 3. The average molecular weight is 267 g/mol. The van der Waals surface area contributed by atoms with Gasteiger partial charge in [0.05, 0.1) is 15.9 Å². The number of nitro benzene ring substituents is 1. The van der Waals surface area contributed by atoms with E-state index in [4.69, 9.17) is 0 Å². The van der Waals surface area contributed by atoms with Gasteiger partial charge >= 0.3 is 5.97 Å². The van der Waals surface area contributed by atoms with E-state index in [0.717, 1.165) is 10.8 Å². The molecule has 0 bridgehead atoms. The highest BCUT2D eigenvalue weighted by Gasteiger charge is 2.18. The van der Waals surface area contributed by atoms with Crippen LogP contribution in [0.2, 0.25) is 0 Å². The summed E-state index contributed by atoms with van der Waals surface area (Å²) in [7, 11) is 0. The Bertz CT molecular complexity index is 798. The molecule has 0 radical (unpaired) electrons. The number of nitro groups is 1. The van der Waals surface area contributed by atoms with Crippen molar-refractivity contribution in [2.24, 2.45) is 0 Å². The van der Waals surface area contributed by atoms with Crippen LogP contribution in [0.25, 0.3) is 21.5 Å². The van der Waals surface area contributed by atoms with Gasteiger partial charge in [0.1, 0.15) is 0 Å². The summed E-state index contributed by atoms with van der Waals surface area (Å²) in [6.45, 7) is 0. The van der Waals surface area contributed by atoms with Crippen LogP contribution in [0.4, 0.5) is 5.69 Å². The zero-order chi connectivity index (χ0) is 14.3. The smallest absolute Gasteiger partial charge is 0.336 e. The molecule has 0 saturated heterocycles. The second-order valence-electron chi connectivity index (χ2n) is 4.44. The van der Waals surface area contributed by atoms with Gasteiger partial charge in [0.25, 0.3) is 5.69 Å². The standard InChI is InChI=1S/C15H9NO4/c17-15(18)11-5-6-14(16(19)20)13-8-10-4-2-1-3-9(10)7-12(11)13/h1-8H,(H,17,18). The molecule has 0 heterocycles. The third kappa shape index (κ3) is 1.76. The summed E-state index contributed by atoms with van der Waals surface area (Å²) in [5.41, 5.74) is -0.0212. The van der Waals surface area contributed by atoms with Crippen LogP contribution in [-0.4, -0.2) is 16.0 Å². The average Bonchev–Trinajstić information content (AvgIpc) is 2.43. The van der Waals surface area contributed by atoms with Gasteiger partial charge in [-0.3, -0.25) is 10.1 Å². The lowest BCUT2D eigenvalue weighted by Crippen LogP contribution is -1.99. The fraction of sp³-hybridized carbons (Fsp3) is 0. The second-order valence-corrected chi connectivity index (χ2v) is 4.44. The molecule has 98 valence electrons. The second kappa shape index (κ2) is 4.31. The van der Waals surface area contributed by atoms with E-state index in [1.165, 1.54) is 12.1 Å². The lowest BCUT2D eigenvalue weighted by atomic mass is 9.98. The normalized spacial score (nSPS) is 10.8. The van der Waals surface area contributed by atoms with Crippen molar-refractivity contribution >= 4 is 33.2 Å². The number of carbonyl (C=O) groups is 1. The Balaban J connectivity index is 2.52. The van der Waals surface area contributed by atoms with Crippen LogP contribution >= 0.6 is 0 Å². The fourth-order valence-corrected chi connectivity index (χ4v) is 2.36. The molecule has 1 N–H and O–H groups in total. The fourth-order valence-electron chi connectivity index (χ4n) is 2.36. The van der Waals surface area contributed by atoms with E-state index in [1.54, 1.807) is 12.1 Å². The number of rotatable bonds is 2. The van der Waals surface area contributed by atoms with E-state index < -0.39 is 10.9 Å². The van der Waals surface area contributed by atoms with Gasteiger partial charge in [0.15, 0.2) is 0 Å². The van der Waals surface area contributed by atoms with E-state index in [-0.39, 0.29) is 11.3 Å². The zero-order valence-corrected chi connectivity index (χ0v) is 10.2. The van der Waals surface area contributed by atoms with Crippen LogP contribution < -0.4 is 0 Å². The molecule has 0 aromatic heterocycles. The van der Waals surface area contributed by atoms with Gasteiger partial charge in [-0.05, 0) is 29.0 Å². The molecule has 0 aliphatic heterocycles. The molecule has 0 spiro atoms. The molecule has 3 rings (SSSR count). The highest BCUT2D eigenvalue weighted by Crippen LogP contribution is 2.32. The summed E-state index contributed by atoms with van der Waals surface area (Å²) >= 11 is 0. The third-order valence-corrected chi connectivity index (χ3v) is 3.29. The predicted octanol–water partition coefficient (Wildman–Crippen LogP) is 3.60.